The molecule has 1 heterocycles. The smallest absolute Gasteiger partial charge is 0.237 e. The molecule has 2 aromatic rings. The molecule has 0 unspecified atom stereocenters. The van der Waals surface area contributed by atoms with Gasteiger partial charge in [0.05, 0.1) is 5.75 Å². The van der Waals surface area contributed by atoms with Crippen molar-refractivity contribution in [3.63, 3.8) is 0 Å². The summed E-state index contributed by atoms with van der Waals surface area (Å²) in [7, 11) is 0. The predicted molar refractivity (Wildman–Crippen MR) is 78.2 cm³/mol. The van der Waals surface area contributed by atoms with Crippen molar-refractivity contribution in [2.75, 3.05) is 5.73 Å². The van der Waals surface area contributed by atoms with Gasteiger partial charge in [-0.15, -0.1) is 11.8 Å². The topological polar surface area (TPSA) is 64.9 Å². The molecule has 1 aromatic carbocycles. The van der Waals surface area contributed by atoms with E-state index < -0.39 is 0 Å². The van der Waals surface area contributed by atoms with E-state index in [0.717, 1.165) is 22.0 Å². The second-order valence-corrected chi connectivity index (χ2v) is 6.61. The number of hydrogen-bond donors (Lipinski definition) is 1. The van der Waals surface area contributed by atoms with Crippen LogP contribution in [0.3, 0.4) is 0 Å². The van der Waals surface area contributed by atoms with Crippen molar-refractivity contribution in [1.29, 1.82) is 0 Å². The Kier molecular flexibility index (Phi) is 3.85. The second kappa shape index (κ2) is 5.25. The molecule has 0 fully saturated rings. The molecule has 0 saturated carbocycles. The molecule has 0 aliphatic carbocycles. The number of rotatable bonds is 3. The average Bonchev–Trinajstić information content (AvgIpc) is 2.76. The summed E-state index contributed by atoms with van der Waals surface area (Å²) in [6, 6.07) is 6.04. The van der Waals surface area contributed by atoms with Gasteiger partial charge in [0.1, 0.15) is 0 Å². The lowest BCUT2D eigenvalue weighted by molar-refractivity contribution is 0.373. The Labute approximate surface area is 117 Å². The van der Waals surface area contributed by atoms with Crippen LogP contribution in [-0.4, -0.2) is 10.1 Å². The predicted octanol–water partition coefficient (Wildman–Crippen LogP) is 3.55. The first kappa shape index (κ1) is 13.9. The number of anilines is 1. The number of aromatic nitrogens is 2. The van der Waals surface area contributed by atoms with Gasteiger partial charge in [-0.05, 0) is 24.6 Å². The van der Waals surface area contributed by atoms with Crippen molar-refractivity contribution in [3.8, 4) is 0 Å². The van der Waals surface area contributed by atoms with Crippen molar-refractivity contribution in [2.24, 2.45) is 0 Å². The molecule has 5 heteroatoms. The number of nitrogens with zero attached hydrogens (tertiary/aromatic N) is 2. The lowest BCUT2D eigenvalue weighted by Crippen LogP contribution is -2.13. The van der Waals surface area contributed by atoms with E-state index in [1.165, 1.54) is 0 Å². The van der Waals surface area contributed by atoms with Crippen molar-refractivity contribution < 1.29 is 4.52 Å². The normalized spacial score (nSPS) is 11.8. The molecular weight excluding hydrogens is 258 g/mol. The molecule has 102 valence electrons. The Hall–Kier alpha value is -1.49. The first-order valence-corrected chi connectivity index (χ1v) is 7.17. The highest BCUT2D eigenvalue weighted by Gasteiger charge is 2.20. The third kappa shape index (κ3) is 3.50. The molecule has 2 N–H and O–H groups in total. The maximum absolute atomic E-state index is 5.97. The van der Waals surface area contributed by atoms with Crippen LogP contribution in [0.5, 0.6) is 0 Å². The summed E-state index contributed by atoms with van der Waals surface area (Å²) in [6.07, 6.45) is 0. The molecule has 2 rings (SSSR count). The summed E-state index contributed by atoms with van der Waals surface area (Å²) in [6.45, 7) is 8.21. The number of nitrogen functional groups attached to an aromatic ring is 1. The fourth-order valence-electron chi connectivity index (χ4n) is 1.56. The number of aryl methyl sites for hydroxylation is 1. The van der Waals surface area contributed by atoms with Gasteiger partial charge in [0.25, 0.3) is 0 Å². The maximum Gasteiger partial charge on any atom is 0.237 e. The Bertz CT molecular complexity index is 572. The van der Waals surface area contributed by atoms with Crippen LogP contribution in [0.4, 0.5) is 5.69 Å². The van der Waals surface area contributed by atoms with E-state index in [9.17, 15) is 0 Å². The molecule has 1 aromatic heterocycles. The molecule has 0 bridgehead atoms. The third-order valence-corrected chi connectivity index (χ3v) is 3.73. The molecule has 0 amide bonds. The molecular formula is C14H19N3OS. The van der Waals surface area contributed by atoms with Crippen LogP contribution in [-0.2, 0) is 11.2 Å². The summed E-state index contributed by atoms with van der Waals surface area (Å²) in [5, 5.41) is 4.01. The molecule has 19 heavy (non-hydrogen) atoms. The SMILES string of the molecule is Cc1ccc(SCc2nc(C(C)(C)C)no2)c(N)c1. The Morgan fingerprint density at radius 2 is 2.05 bits per heavy atom. The minimum atomic E-state index is -0.0880. The quantitative estimate of drug-likeness (QED) is 0.686. The van der Waals surface area contributed by atoms with Gasteiger partial charge in [-0.2, -0.15) is 4.98 Å². The van der Waals surface area contributed by atoms with Crippen molar-refractivity contribution in [1.82, 2.24) is 10.1 Å². The van der Waals surface area contributed by atoms with Crippen LogP contribution in [0.25, 0.3) is 0 Å². The van der Waals surface area contributed by atoms with Gasteiger partial charge < -0.3 is 10.3 Å². The molecule has 0 atom stereocenters. The van der Waals surface area contributed by atoms with Crippen LogP contribution in [0.15, 0.2) is 27.6 Å². The highest BCUT2D eigenvalue weighted by molar-refractivity contribution is 7.98. The summed E-state index contributed by atoms with van der Waals surface area (Å²) < 4.78 is 5.25. The van der Waals surface area contributed by atoms with E-state index in [1.54, 1.807) is 11.8 Å². The van der Waals surface area contributed by atoms with Gasteiger partial charge in [-0.25, -0.2) is 0 Å². The fourth-order valence-corrected chi connectivity index (χ4v) is 2.34. The van der Waals surface area contributed by atoms with Crippen molar-refractivity contribution in [2.45, 2.75) is 43.8 Å². The number of thioether (sulfide) groups is 1. The highest BCUT2D eigenvalue weighted by atomic mass is 32.2. The number of hydrogen-bond acceptors (Lipinski definition) is 5. The maximum atomic E-state index is 5.97. The van der Waals surface area contributed by atoms with Gasteiger partial charge in [0.15, 0.2) is 5.82 Å². The fraction of sp³-hybridized carbons (Fsp3) is 0.429. The van der Waals surface area contributed by atoms with Crippen LogP contribution in [0.2, 0.25) is 0 Å². The van der Waals surface area contributed by atoms with Gasteiger partial charge in [0, 0.05) is 16.0 Å². The highest BCUT2D eigenvalue weighted by Crippen LogP contribution is 2.29. The van der Waals surface area contributed by atoms with E-state index in [0.29, 0.717) is 11.6 Å². The van der Waals surface area contributed by atoms with Gasteiger partial charge in [0.2, 0.25) is 5.89 Å². The average molecular weight is 277 g/mol. The summed E-state index contributed by atoms with van der Waals surface area (Å²) in [4.78, 5) is 5.45. The van der Waals surface area contributed by atoms with Crippen LogP contribution in [0, 0.1) is 6.92 Å². The van der Waals surface area contributed by atoms with Gasteiger partial charge in [-0.1, -0.05) is 32.0 Å². The zero-order valence-electron chi connectivity index (χ0n) is 11.7. The first-order valence-electron chi connectivity index (χ1n) is 6.18. The van der Waals surface area contributed by atoms with E-state index in [4.69, 9.17) is 10.3 Å². The third-order valence-electron chi connectivity index (χ3n) is 2.66. The van der Waals surface area contributed by atoms with E-state index in [1.807, 2.05) is 25.1 Å². The minimum Gasteiger partial charge on any atom is -0.398 e. The molecule has 0 aliphatic rings. The largest absolute Gasteiger partial charge is 0.398 e. The van der Waals surface area contributed by atoms with Crippen molar-refractivity contribution in [3.05, 3.63) is 35.5 Å². The molecule has 0 saturated heterocycles. The van der Waals surface area contributed by atoms with Crippen LogP contribution in [0.1, 0.15) is 38.0 Å². The van der Waals surface area contributed by atoms with Crippen LogP contribution < -0.4 is 5.73 Å². The Morgan fingerprint density at radius 3 is 2.63 bits per heavy atom. The minimum absolute atomic E-state index is 0.0880. The lowest BCUT2D eigenvalue weighted by Gasteiger charge is -2.10. The second-order valence-electron chi connectivity index (χ2n) is 5.59. The summed E-state index contributed by atoms with van der Waals surface area (Å²) in [5.74, 6) is 2.01. The van der Waals surface area contributed by atoms with Crippen molar-refractivity contribution >= 4 is 17.4 Å². The van der Waals surface area contributed by atoms with Gasteiger partial charge in [-0.3, -0.25) is 0 Å². The van der Waals surface area contributed by atoms with E-state index in [-0.39, 0.29) is 5.41 Å². The number of benzene rings is 1. The summed E-state index contributed by atoms with van der Waals surface area (Å²) in [5.41, 5.74) is 7.84. The zero-order chi connectivity index (χ0) is 14.0. The van der Waals surface area contributed by atoms with E-state index in [2.05, 4.69) is 30.9 Å². The monoisotopic (exact) mass is 277 g/mol. The molecule has 4 nitrogen and oxygen atoms in total. The van der Waals surface area contributed by atoms with Gasteiger partial charge >= 0.3 is 0 Å². The molecule has 0 aliphatic heterocycles. The Balaban J connectivity index is 2.04. The standard InChI is InChI=1S/C14H19N3OS/c1-9-5-6-11(10(15)7-9)19-8-12-16-13(17-18-12)14(2,3)4/h5-7H,8,15H2,1-4H3. The zero-order valence-corrected chi connectivity index (χ0v) is 12.5. The lowest BCUT2D eigenvalue weighted by atomic mass is 9.96. The molecule has 0 spiro atoms. The molecule has 0 radical (unpaired) electrons. The Morgan fingerprint density at radius 1 is 1.32 bits per heavy atom. The first-order chi connectivity index (χ1) is 8.86. The van der Waals surface area contributed by atoms with E-state index >= 15 is 0 Å². The summed E-state index contributed by atoms with van der Waals surface area (Å²) >= 11 is 1.61. The number of nitrogens with two attached hydrogens (primary N) is 1. The van der Waals surface area contributed by atoms with Crippen LogP contribution >= 0.6 is 11.8 Å².